The van der Waals surface area contributed by atoms with Crippen molar-refractivity contribution in [2.45, 2.75) is 31.8 Å². The fourth-order valence-electron chi connectivity index (χ4n) is 3.90. The number of halogens is 1. The molecule has 2 heterocycles. The van der Waals surface area contributed by atoms with Crippen molar-refractivity contribution < 1.29 is 23.9 Å². The standard InChI is InChI=1S/C19H25FN4O4/c1-12-10-23(6-7-24(12)15-5-3-4-14(20)8-15)16(26)13(11-25)9-19(2)17(27)21-18(28)22-19/h3-5,8,12-13,25H,6-7,9-11H2,1-2H3,(H2,21,22,27,28)/t12-,13-,19-/m0/s1. The molecule has 2 saturated heterocycles. The number of anilines is 1. The molecule has 9 heteroatoms. The quantitative estimate of drug-likeness (QED) is 0.632. The third kappa shape index (κ3) is 3.94. The lowest BCUT2D eigenvalue weighted by Gasteiger charge is -2.42. The lowest BCUT2D eigenvalue weighted by molar-refractivity contribution is -0.139. The number of hydrogen-bond donors (Lipinski definition) is 3. The van der Waals surface area contributed by atoms with E-state index in [2.05, 4.69) is 10.6 Å². The Hall–Kier alpha value is -2.68. The maximum atomic E-state index is 13.5. The van der Waals surface area contributed by atoms with E-state index in [1.54, 1.807) is 11.0 Å². The highest BCUT2D eigenvalue weighted by Gasteiger charge is 2.45. The van der Waals surface area contributed by atoms with Gasteiger partial charge in [0, 0.05) is 31.4 Å². The highest BCUT2D eigenvalue weighted by atomic mass is 19.1. The number of carbonyl (C=O) groups is 3. The van der Waals surface area contributed by atoms with Gasteiger partial charge in [0.25, 0.3) is 5.91 Å². The second-order valence-corrected chi connectivity index (χ2v) is 7.63. The van der Waals surface area contributed by atoms with Crippen LogP contribution in [0.25, 0.3) is 0 Å². The third-order valence-electron chi connectivity index (χ3n) is 5.42. The molecule has 0 aliphatic carbocycles. The number of urea groups is 1. The normalized spacial score (nSPS) is 26.1. The molecule has 0 unspecified atom stereocenters. The Kier molecular flexibility index (Phi) is 5.55. The van der Waals surface area contributed by atoms with Crippen LogP contribution in [-0.2, 0) is 9.59 Å². The predicted molar refractivity (Wildman–Crippen MR) is 100 cm³/mol. The van der Waals surface area contributed by atoms with Gasteiger partial charge in [0.2, 0.25) is 5.91 Å². The molecular formula is C19H25FN4O4. The minimum absolute atomic E-state index is 0.0123. The largest absolute Gasteiger partial charge is 0.396 e. The first-order valence-corrected chi connectivity index (χ1v) is 9.29. The zero-order chi connectivity index (χ0) is 20.5. The summed E-state index contributed by atoms with van der Waals surface area (Å²) in [4.78, 5) is 40.0. The summed E-state index contributed by atoms with van der Waals surface area (Å²) in [5, 5.41) is 14.4. The monoisotopic (exact) mass is 392 g/mol. The number of nitrogens with zero attached hydrogens (tertiary/aromatic N) is 2. The molecule has 0 radical (unpaired) electrons. The van der Waals surface area contributed by atoms with Gasteiger partial charge in [-0.3, -0.25) is 14.9 Å². The van der Waals surface area contributed by atoms with Crippen LogP contribution in [0, 0.1) is 11.7 Å². The minimum Gasteiger partial charge on any atom is -0.396 e. The van der Waals surface area contributed by atoms with E-state index in [9.17, 15) is 23.9 Å². The zero-order valence-corrected chi connectivity index (χ0v) is 15.9. The highest BCUT2D eigenvalue weighted by molar-refractivity contribution is 6.07. The van der Waals surface area contributed by atoms with Crippen LogP contribution in [-0.4, -0.2) is 65.7 Å². The van der Waals surface area contributed by atoms with Crippen LogP contribution >= 0.6 is 0 Å². The molecule has 152 valence electrons. The number of aliphatic hydroxyl groups is 1. The van der Waals surface area contributed by atoms with E-state index < -0.39 is 30.0 Å². The Morgan fingerprint density at radius 1 is 1.39 bits per heavy atom. The first-order valence-electron chi connectivity index (χ1n) is 9.29. The van der Waals surface area contributed by atoms with Crippen molar-refractivity contribution >= 4 is 23.5 Å². The van der Waals surface area contributed by atoms with Gasteiger partial charge in [0.1, 0.15) is 11.4 Å². The summed E-state index contributed by atoms with van der Waals surface area (Å²) in [6, 6.07) is 5.69. The highest BCUT2D eigenvalue weighted by Crippen LogP contribution is 2.25. The molecule has 0 saturated carbocycles. The van der Waals surface area contributed by atoms with Gasteiger partial charge in [0.05, 0.1) is 12.5 Å². The molecule has 3 N–H and O–H groups in total. The molecular weight excluding hydrogens is 367 g/mol. The van der Waals surface area contributed by atoms with E-state index in [4.69, 9.17) is 0 Å². The van der Waals surface area contributed by atoms with E-state index in [0.717, 1.165) is 5.69 Å². The van der Waals surface area contributed by atoms with Gasteiger partial charge in [0.15, 0.2) is 0 Å². The number of rotatable bonds is 5. The van der Waals surface area contributed by atoms with Gasteiger partial charge in [-0.25, -0.2) is 9.18 Å². The lowest BCUT2D eigenvalue weighted by atomic mass is 9.88. The Balaban J connectivity index is 1.66. The second kappa shape index (κ2) is 7.75. The summed E-state index contributed by atoms with van der Waals surface area (Å²) >= 11 is 0. The van der Waals surface area contributed by atoms with Crippen molar-refractivity contribution in [3.8, 4) is 0 Å². The molecule has 0 bridgehead atoms. The van der Waals surface area contributed by atoms with Crippen LogP contribution in [0.5, 0.6) is 0 Å². The second-order valence-electron chi connectivity index (χ2n) is 7.63. The number of carbonyl (C=O) groups excluding carboxylic acids is 3. The Labute approximate surface area is 162 Å². The van der Waals surface area contributed by atoms with Gasteiger partial charge >= 0.3 is 6.03 Å². The maximum absolute atomic E-state index is 13.5. The maximum Gasteiger partial charge on any atom is 0.322 e. The van der Waals surface area contributed by atoms with E-state index in [1.807, 2.05) is 17.9 Å². The van der Waals surface area contributed by atoms with E-state index in [1.165, 1.54) is 19.1 Å². The van der Waals surface area contributed by atoms with Gasteiger partial charge in [-0.2, -0.15) is 0 Å². The van der Waals surface area contributed by atoms with Gasteiger partial charge < -0.3 is 20.2 Å². The van der Waals surface area contributed by atoms with Crippen molar-refractivity contribution in [1.82, 2.24) is 15.5 Å². The molecule has 2 aliphatic rings. The van der Waals surface area contributed by atoms with E-state index in [0.29, 0.717) is 19.6 Å². The number of amides is 4. The van der Waals surface area contributed by atoms with Gasteiger partial charge in [-0.1, -0.05) is 6.07 Å². The molecule has 2 fully saturated rings. The Morgan fingerprint density at radius 2 is 2.14 bits per heavy atom. The smallest absolute Gasteiger partial charge is 0.322 e. The van der Waals surface area contributed by atoms with Crippen molar-refractivity contribution in [1.29, 1.82) is 0 Å². The van der Waals surface area contributed by atoms with Crippen molar-refractivity contribution in [3.63, 3.8) is 0 Å². The fourth-order valence-corrected chi connectivity index (χ4v) is 3.90. The molecule has 28 heavy (non-hydrogen) atoms. The molecule has 3 rings (SSSR count). The zero-order valence-electron chi connectivity index (χ0n) is 15.9. The van der Waals surface area contributed by atoms with Crippen LogP contribution in [0.3, 0.4) is 0 Å². The van der Waals surface area contributed by atoms with Crippen LogP contribution in [0.2, 0.25) is 0 Å². The number of imide groups is 1. The van der Waals surface area contributed by atoms with Crippen LogP contribution in [0.15, 0.2) is 24.3 Å². The number of hydrogen-bond acceptors (Lipinski definition) is 5. The Bertz CT molecular complexity index is 789. The number of aliphatic hydroxyl groups excluding tert-OH is 1. The average molecular weight is 392 g/mol. The SMILES string of the molecule is C[C@H]1CN(C(=O)[C@H](CO)C[C@]2(C)NC(=O)NC2=O)CCN1c1cccc(F)c1. The summed E-state index contributed by atoms with van der Waals surface area (Å²) in [6.07, 6.45) is 0.0123. The summed E-state index contributed by atoms with van der Waals surface area (Å²) in [6.45, 7) is 4.43. The molecule has 1 aromatic carbocycles. The van der Waals surface area contributed by atoms with E-state index >= 15 is 0 Å². The lowest BCUT2D eigenvalue weighted by Crippen LogP contribution is -2.56. The van der Waals surface area contributed by atoms with Crippen LogP contribution in [0.1, 0.15) is 20.3 Å². The summed E-state index contributed by atoms with van der Waals surface area (Å²) in [5.41, 5.74) is -0.467. The van der Waals surface area contributed by atoms with Gasteiger partial charge in [-0.15, -0.1) is 0 Å². The molecule has 0 spiro atoms. The molecule has 0 aromatic heterocycles. The molecule has 8 nitrogen and oxygen atoms in total. The Morgan fingerprint density at radius 3 is 2.71 bits per heavy atom. The predicted octanol–water partition coefficient (Wildman–Crippen LogP) is 0.460. The van der Waals surface area contributed by atoms with Crippen LogP contribution < -0.4 is 15.5 Å². The summed E-state index contributed by atoms with van der Waals surface area (Å²) in [5.74, 6) is -1.88. The van der Waals surface area contributed by atoms with Gasteiger partial charge in [-0.05, 0) is 38.5 Å². The fraction of sp³-hybridized carbons (Fsp3) is 0.526. The first kappa shape index (κ1) is 20.1. The first-order chi connectivity index (χ1) is 13.2. The summed E-state index contributed by atoms with van der Waals surface area (Å²) in [7, 11) is 0. The molecule has 2 aliphatic heterocycles. The molecule has 4 amide bonds. The average Bonchev–Trinajstić information content (AvgIpc) is 2.90. The van der Waals surface area contributed by atoms with E-state index in [-0.39, 0.29) is 24.2 Å². The van der Waals surface area contributed by atoms with Crippen LogP contribution in [0.4, 0.5) is 14.9 Å². The molecule has 1 aromatic rings. The number of nitrogens with one attached hydrogen (secondary N) is 2. The van der Waals surface area contributed by atoms with Crippen molar-refractivity contribution in [3.05, 3.63) is 30.1 Å². The number of benzene rings is 1. The third-order valence-corrected chi connectivity index (χ3v) is 5.42. The molecule has 3 atom stereocenters. The summed E-state index contributed by atoms with van der Waals surface area (Å²) < 4.78 is 13.5. The number of piperazine rings is 1. The van der Waals surface area contributed by atoms with Crippen molar-refractivity contribution in [2.75, 3.05) is 31.1 Å². The topological polar surface area (TPSA) is 102 Å². The van der Waals surface area contributed by atoms with Crippen molar-refractivity contribution in [2.24, 2.45) is 5.92 Å². The minimum atomic E-state index is -1.23.